The lowest BCUT2D eigenvalue weighted by molar-refractivity contribution is 0.766. The number of nitrogens with zero attached hydrogens (tertiary/aromatic N) is 2. The monoisotopic (exact) mass is 152 g/mol. The molecule has 0 aliphatic carbocycles. The predicted molar refractivity (Wildman–Crippen MR) is 43.4 cm³/mol. The van der Waals surface area contributed by atoms with Gasteiger partial charge < -0.3 is 5.73 Å². The van der Waals surface area contributed by atoms with Gasteiger partial charge in [0.25, 0.3) is 0 Å². The number of aryl methyl sites for hydroxylation is 2. The highest BCUT2D eigenvalue weighted by Gasteiger charge is 1.96. The van der Waals surface area contributed by atoms with Crippen LogP contribution in [0, 0.1) is 5.41 Å². The number of hydrogen-bond acceptors (Lipinski definition) is 2. The minimum atomic E-state index is 0.230. The molecule has 0 saturated heterocycles. The molecule has 0 aromatic carbocycles. The summed E-state index contributed by atoms with van der Waals surface area (Å²) >= 11 is 0. The van der Waals surface area contributed by atoms with Crippen molar-refractivity contribution < 1.29 is 0 Å². The van der Waals surface area contributed by atoms with Gasteiger partial charge in [-0.1, -0.05) is 0 Å². The number of nitrogens with one attached hydrogen (secondary N) is 1. The molecule has 0 aliphatic rings. The summed E-state index contributed by atoms with van der Waals surface area (Å²) in [6.45, 7) is 0. The van der Waals surface area contributed by atoms with Crippen LogP contribution in [0.15, 0.2) is 12.4 Å². The van der Waals surface area contributed by atoms with Crippen LogP contribution in [-0.2, 0) is 13.5 Å². The lowest BCUT2D eigenvalue weighted by Gasteiger charge is -1.93. The van der Waals surface area contributed by atoms with Crippen LogP contribution < -0.4 is 5.73 Å². The molecule has 3 N–H and O–H groups in total. The molecule has 1 heterocycles. The van der Waals surface area contributed by atoms with Crippen LogP contribution in [0.5, 0.6) is 0 Å². The second kappa shape index (κ2) is 3.18. The third-order valence-electron chi connectivity index (χ3n) is 1.44. The Morgan fingerprint density at radius 1 is 1.82 bits per heavy atom. The Morgan fingerprint density at radius 3 is 3.00 bits per heavy atom. The molecule has 0 saturated carbocycles. The molecule has 0 unspecified atom stereocenters. The standard InChI is InChI=1S/C7H12N4/c1-11-5-6(4-10-11)2-3-7(8)9/h4-5H,2-3H2,1H3,(H3,8,9). The van der Waals surface area contributed by atoms with E-state index in [-0.39, 0.29) is 5.84 Å². The van der Waals surface area contributed by atoms with Crippen molar-refractivity contribution in [3.63, 3.8) is 0 Å². The molecule has 0 bridgehead atoms. The highest BCUT2D eigenvalue weighted by atomic mass is 15.2. The number of hydrogen-bond donors (Lipinski definition) is 2. The molecule has 0 atom stereocenters. The van der Waals surface area contributed by atoms with Crippen LogP contribution in [0.25, 0.3) is 0 Å². The predicted octanol–water partition coefficient (Wildman–Crippen LogP) is 0.289. The maximum absolute atomic E-state index is 7.00. The van der Waals surface area contributed by atoms with Gasteiger partial charge >= 0.3 is 0 Å². The molecule has 4 heteroatoms. The highest BCUT2D eigenvalue weighted by molar-refractivity contribution is 5.77. The molecule has 0 radical (unpaired) electrons. The summed E-state index contributed by atoms with van der Waals surface area (Å²) < 4.78 is 1.75. The van der Waals surface area contributed by atoms with Crippen LogP contribution in [-0.4, -0.2) is 15.6 Å². The van der Waals surface area contributed by atoms with Gasteiger partial charge in [-0.3, -0.25) is 10.1 Å². The zero-order valence-corrected chi connectivity index (χ0v) is 6.54. The van der Waals surface area contributed by atoms with Crippen molar-refractivity contribution in [1.29, 1.82) is 5.41 Å². The van der Waals surface area contributed by atoms with Gasteiger partial charge in [-0.15, -0.1) is 0 Å². The molecule has 1 rings (SSSR count). The fourth-order valence-corrected chi connectivity index (χ4v) is 0.880. The maximum atomic E-state index is 7.00. The summed E-state index contributed by atoms with van der Waals surface area (Å²) in [5.41, 5.74) is 6.33. The van der Waals surface area contributed by atoms with Crippen molar-refractivity contribution in [1.82, 2.24) is 9.78 Å². The van der Waals surface area contributed by atoms with E-state index in [1.165, 1.54) is 0 Å². The summed E-state index contributed by atoms with van der Waals surface area (Å²) in [6, 6.07) is 0. The number of amidine groups is 1. The van der Waals surface area contributed by atoms with Gasteiger partial charge in [0.15, 0.2) is 0 Å². The number of nitrogens with two attached hydrogens (primary N) is 1. The minimum Gasteiger partial charge on any atom is -0.388 e. The molecule has 0 spiro atoms. The van der Waals surface area contributed by atoms with Crippen molar-refractivity contribution in [3.05, 3.63) is 18.0 Å². The maximum Gasteiger partial charge on any atom is 0.0908 e. The van der Waals surface area contributed by atoms with E-state index in [0.29, 0.717) is 6.42 Å². The van der Waals surface area contributed by atoms with E-state index in [0.717, 1.165) is 12.0 Å². The zero-order chi connectivity index (χ0) is 8.27. The van der Waals surface area contributed by atoms with Crippen molar-refractivity contribution in [3.8, 4) is 0 Å². The average Bonchev–Trinajstić information content (AvgIpc) is 2.31. The van der Waals surface area contributed by atoms with E-state index in [9.17, 15) is 0 Å². The van der Waals surface area contributed by atoms with Crippen molar-refractivity contribution in [2.45, 2.75) is 12.8 Å². The second-order valence-corrected chi connectivity index (χ2v) is 2.55. The fourth-order valence-electron chi connectivity index (χ4n) is 0.880. The minimum absolute atomic E-state index is 0.230. The van der Waals surface area contributed by atoms with Crippen LogP contribution in [0.3, 0.4) is 0 Å². The Morgan fingerprint density at radius 2 is 2.55 bits per heavy atom. The summed E-state index contributed by atoms with van der Waals surface area (Å²) in [7, 11) is 1.87. The molecule has 4 nitrogen and oxygen atoms in total. The Balaban J connectivity index is 2.45. The van der Waals surface area contributed by atoms with Crippen LogP contribution >= 0.6 is 0 Å². The smallest absolute Gasteiger partial charge is 0.0908 e. The van der Waals surface area contributed by atoms with Gasteiger partial charge in [-0.2, -0.15) is 5.10 Å². The van der Waals surface area contributed by atoms with E-state index in [4.69, 9.17) is 11.1 Å². The Kier molecular flexibility index (Phi) is 2.25. The molecule has 11 heavy (non-hydrogen) atoms. The molecule has 1 aromatic rings. The SMILES string of the molecule is Cn1cc(CCC(=N)N)cn1. The number of aromatic nitrogens is 2. The summed E-state index contributed by atoms with van der Waals surface area (Å²) in [6.07, 6.45) is 5.15. The van der Waals surface area contributed by atoms with E-state index in [2.05, 4.69) is 5.10 Å². The molecule has 0 aliphatic heterocycles. The molecular formula is C7H12N4. The molecule has 60 valence electrons. The first-order chi connectivity index (χ1) is 5.18. The van der Waals surface area contributed by atoms with Gasteiger partial charge in [-0.25, -0.2) is 0 Å². The molecular weight excluding hydrogens is 140 g/mol. The summed E-state index contributed by atoms with van der Waals surface area (Å²) in [5, 5.41) is 11.0. The molecule has 1 aromatic heterocycles. The van der Waals surface area contributed by atoms with E-state index < -0.39 is 0 Å². The highest BCUT2D eigenvalue weighted by Crippen LogP contribution is 1.99. The van der Waals surface area contributed by atoms with Crippen LogP contribution in [0.4, 0.5) is 0 Å². The van der Waals surface area contributed by atoms with Crippen LogP contribution in [0.2, 0.25) is 0 Å². The fraction of sp³-hybridized carbons (Fsp3) is 0.429. The number of rotatable bonds is 3. The Bertz CT molecular complexity index is 251. The Labute approximate surface area is 65.5 Å². The van der Waals surface area contributed by atoms with Gasteiger partial charge in [0.05, 0.1) is 12.0 Å². The quantitative estimate of drug-likeness (QED) is 0.483. The second-order valence-electron chi connectivity index (χ2n) is 2.55. The third-order valence-corrected chi connectivity index (χ3v) is 1.44. The van der Waals surface area contributed by atoms with Gasteiger partial charge in [0.1, 0.15) is 0 Å². The summed E-state index contributed by atoms with van der Waals surface area (Å²) in [5.74, 6) is 0.230. The Hall–Kier alpha value is -1.32. The lowest BCUT2D eigenvalue weighted by atomic mass is 10.2. The molecule has 0 amide bonds. The zero-order valence-electron chi connectivity index (χ0n) is 6.54. The van der Waals surface area contributed by atoms with Gasteiger partial charge in [0.2, 0.25) is 0 Å². The van der Waals surface area contributed by atoms with E-state index in [1.54, 1.807) is 10.9 Å². The normalized spacial score (nSPS) is 9.91. The lowest BCUT2D eigenvalue weighted by Crippen LogP contribution is -2.09. The largest absolute Gasteiger partial charge is 0.388 e. The van der Waals surface area contributed by atoms with E-state index >= 15 is 0 Å². The van der Waals surface area contributed by atoms with E-state index in [1.807, 2.05) is 13.2 Å². The van der Waals surface area contributed by atoms with Gasteiger partial charge in [0, 0.05) is 19.7 Å². The van der Waals surface area contributed by atoms with Gasteiger partial charge in [-0.05, 0) is 12.0 Å². The van der Waals surface area contributed by atoms with Crippen LogP contribution in [0.1, 0.15) is 12.0 Å². The van der Waals surface area contributed by atoms with Crippen molar-refractivity contribution >= 4 is 5.84 Å². The third kappa shape index (κ3) is 2.41. The first kappa shape index (κ1) is 7.78. The average molecular weight is 152 g/mol. The first-order valence-electron chi connectivity index (χ1n) is 3.49. The topological polar surface area (TPSA) is 67.7 Å². The summed E-state index contributed by atoms with van der Waals surface area (Å²) in [4.78, 5) is 0. The van der Waals surface area contributed by atoms with Crippen molar-refractivity contribution in [2.24, 2.45) is 12.8 Å². The first-order valence-corrected chi connectivity index (χ1v) is 3.49. The molecule has 0 fully saturated rings. The van der Waals surface area contributed by atoms with Crippen molar-refractivity contribution in [2.75, 3.05) is 0 Å².